The largest absolute Gasteiger partial charge is 0.478 e. The van der Waals surface area contributed by atoms with Crippen molar-refractivity contribution in [2.45, 2.75) is 24.0 Å². The van der Waals surface area contributed by atoms with Crippen LogP contribution >= 0.6 is 0 Å². The molecule has 0 spiro atoms. The maximum Gasteiger partial charge on any atom is 0.335 e. The molecule has 0 saturated carbocycles. The smallest absolute Gasteiger partial charge is 0.335 e. The van der Waals surface area contributed by atoms with Crippen molar-refractivity contribution in [3.8, 4) is 0 Å². The summed E-state index contributed by atoms with van der Waals surface area (Å²) in [6, 6.07) is 3.99. The number of carbonyl (C=O) groups is 1. The number of aliphatic hydroxyl groups excluding tert-OH is 2. The molecule has 20 heavy (non-hydrogen) atoms. The van der Waals surface area contributed by atoms with Gasteiger partial charge in [-0.05, 0) is 24.6 Å². The second-order valence-electron chi connectivity index (χ2n) is 4.69. The van der Waals surface area contributed by atoms with Crippen molar-refractivity contribution >= 4 is 16.0 Å². The summed E-state index contributed by atoms with van der Waals surface area (Å²) in [6.45, 7) is 1.000. The summed E-state index contributed by atoms with van der Waals surface area (Å²) >= 11 is 0. The van der Waals surface area contributed by atoms with Gasteiger partial charge in [0.15, 0.2) is 0 Å². The summed E-state index contributed by atoms with van der Waals surface area (Å²) < 4.78 is 25.8. The molecule has 0 aromatic heterocycles. The Balaban J connectivity index is 2.46. The Kier molecular flexibility index (Phi) is 3.83. The van der Waals surface area contributed by atoms with Gasteiger partial charge in [0.25, 0.3) is 0 Å². The molecule has 1 heterocycles. The van der Waals surface area contributed by atoms with E-state index in [2.05, 4.69) is 0 Å². The van der Waals surface area contributed by atoms with E-state index in [1.54, 1.807) is 0 Å². The van der Waals surface area contributed by atoms with Crippen LogP contribution < -0.4 is 0 Å². The normalized spacial score (nSPS) is 23.9. The Morgan fingerprint density at radius 3 is 2.30 bits per heavy atom. The highest BCUT2D eigenvalue weighted by molar-refractivity contribution is 7.89. The van der Waals surface area contributed by atoms with Gasteiger partial charge < -0.3 is 15.3 Å². The number of aromatic carboxylic acids is 1. The Bertz CT molecular complexity index is 631. The number of sulfonamides is 1. The third kappa shape index (κ3) is 2.42. The van der Waals surface area contributed by atoms with Crippen LogP contribution in [0.5, 0.6) is 0 Å². The Morgan fingerprint density at radius 2 is 1.80 bits per heavy atom. The zero-order chi connectivity index (χ0) is 15.1. The van der Waals surface area contributed by atoms with Crippen LogP contribution in [0.15, 0.2) is 23.1 Å². The Hall–Kier alpha value is -1.48. The van der Waals surface area contributed by atoms with Gasteiger partial charge in [0.05, 0.1) is 22.7 Å². The van der Waals surface area contributed by atoms with E-state index in [0.29, 0.717) is 0 Å². The molecule has 7 nitrogen and oxygen atoms in total. The number of β-amino-alcohol motifs (C(OH)–C–C–N with tert-alkyl or cyclic N) is 2. The van der Waals surface area contributed by atoms with Crippen molar-refractivity contribution in [1.82, 2.24) is 4.31 Å². The van der Waals surface area contributed by atoms with Gasteiger partial charge in [-0.2, -0.15) is 4.31 Å². The predicted octanol–water partition coefficient (Wildman–Crippen LogP) is -0.581. The number of carboxylic acid groups (broad SMARTS) is 1. The van der Waals surface area contributed by atoms with Crippen molar-refractivity contribution in [3.05, 3.63) is 29.3 Å². The second-order valence-corrected chi connectivity index (χ2v) is 6.60. The molecule has 2 atom stereocenters. The minimum atomic E-state index is -3.94. The third-order valence-corrected chi connectivity index (χ3v) is 5.33. The Morgan fingerprint density at radius 1 is 1.25 bits per heavy atom. The molecule has 0 bridgehead atoms. The van der Waals surface area contributed by atoms with Gasteiger partial charge in [-0.3, -0.25) is 0 Å². The lowest BCUT2D eigenvalue weighted by Gasteiger charge is -2.17. The molecule has 0 aliphatic carbocycles. The lowest BCUT2D eigenvalue weighted by Crippen LogP contribution is -2.30. The molecular weight excluding hydrogens is 286 g/mol. The van der Waals surface area contributed by atoms with E-state index in [9.17, 15) is 23.4 Å². The average Bonchev–Trinajstić information content (AvgIpc) is 2.70. The third-order valence-electron chi connectivity index (χ3n) is 3.36. The van der Waals surface area contributed by atoms with Crippen LogP contribution in [0.1, 0.15) is 15.9 Å². The topological polar surface area (TPSA) is 115 Å². The summed E-state index contributed by atoms with van der Waals surface area (Å²) in [5, 5.41) is 27.9. The fraction of sp³-hybridized carbons (Fsp3) is 0.417. The highest BCUT2D eigenvalue weighted by Crippen LogP contribution is 2.25. The lowest BCUT2D eigenvalue weighted by atomic mass is 10.1. The summed E-state index contributed by atoms with van der Waals surface area (Å²) in [7, 11) is -3.94. The zero-order valence-electron chi connectivity index (χ0n) is 10.7. The number of carboxylic acids is 1. The molecule has 1 aromatic rings. The van der Waals surface area contributed by atoms with E-state index >= 15 is 0 Å². The minimum Gasteiger partial charge on any atom is -0.478 e. The molecule has 2 rings (SSSR count). The van der Waals surface area contributed by atoms with Gasteiger partial charge in [0, 0.05) is 13.1 Å². The van der Waals surface area contributed by atoms with Gasteiger partial charge in [0.2, 0.25) is 10.0 Å². The number of aliphatic hydroxyl groups is 2. The summed E-state index contributed by atoms with van der Waals surface area (Å²) in [6.07, 6.45) is -2.26. The highest BCUT2D eigenvalue weighted by atomic mass is 32.2. The van der Waals surface area contributed by atoms with Gasteiger partial charge in [-0.15, -0.1) is 0 Å². The first-order chi connectivity index (χ1) is 9.25. The van der Waals surface area contributed by atoms with Crippen molar-refractivity contribution < 1.29 is 28.5 Å². The van der Waals surface area contributed by atoms with Crippen molar-refractivity contribution in [2.75, 3.05) is 13.1 Å². The number of hydrogen-bond donors (Lipinski definition) is 3. The van der Waals surface area contributed by atoms with Crippen LogP contribution in [0.2, 0.25) is 0 Å². The monoisotopic (exact) mass is 301 g/mol. The molecule has 1 saturated heterocycles. The van der Waals surface area contributed by atoms with E-state index in [-0.39, 0.29) is 29.1 Å². The first-order valence-electron chi connectivity index (χ1n) is 5.94. The number of benzene rings is 1. The van der Waals surface area contributed by atoms with Gasteiger partial charge >= 0.3 is 5.97 Å². The molecule has 0 unspecified atom stereocenters. The van der Waals surface area contributed by atoms with Gasteiger partial charge in [-0.1, -0.05) is 6.07 Å². The molecule has 1 fully saturated rings. The van der Waals surface area contributed by atoms with Crippen LogP contribution in [0.3, 0.4) is 0 Å². The standard InChI is InChI=1S/C12H15NO6S/c1-7-8(12(16)17)3-2-4-11(7)20(18,19)13-5-9(14)10(15)6-13/h2-4,9-10,14-15H,5-6H2,1H3,(H,16,17)/t9-,10+. The van der Waals surface area contributed by atoms with Gasteiger partial charge in [0.1, 0.15) is 0 Å². The number of nitrogens with zero attached hydrogens (tertiary/aromatic N) is 1. The van der Waals surface area contributed by atoms with E-state index in [4.69, 9.17) is 5.11 Å². The van der Waals surface area contributed by atoms with Crippen molar-refractivity contribution in [1.29, 1.82) is 0 Å². The molecule has 1 aliphatic heterocycles. The second kappa shape index (κ2) is 5.13. The SMILES string of the molecule is Cc1c(C(=O)O)cccc1S(=O)(=O)N1C[C@@H](O)[C@@H](O)C1. The molecule has 110 valence electrons. The van der Waals surface area contributed by atoms with Gasteiger partial charge in [-0.25, -0.2) is 13.2 Å². The lowest BCUT2D eigenvalue weighted by molar-refractivity contribution is 0.0572. The first-order valence-corrected chi connectivity index (χ1v) is 7.38. The highest BCUT2D eigenvalue weighted by Gasteiger charge is 2.38. The van der Waals surface area contributed by atoms with Crippen LogP contribution in [-0.4, -0.2) is 59.3 Å². The molecule has 1 aliphatic rings. The maximum absolute atomic E-state index is 12.4. The van der Waals surface area contributed by atoms with E-state index in [1.165, 1.54) is 25.1 Å². The van der Waals surface area contributed by atoms with E-state index in [1.807, 2.05) is 0 Å². The van der Waals surface area contributed by atoms with Crippen LogP contribution in [0.25, 0.3) is 0 Å². The van der Waals surface area contributed by atoms with E-state index in [0.717, 1.165) is 4.31 Å². The average molecular weight is 301 g/mol. The molecule has 1 aromatic carbocycles. The predicted molar refractivity (Wildman–Crippen MR) is 68.9 cm³/mol. The molecule has 0 amide bonds. The van der Waals surface area contributed by atoms with E-state index < -0.39 is 28.2 Å². The maximum atomic E-state index is 12.4. The van der Waals surface area contributed by atoms with Crippen molar-refractivity contribution in [2.24, 2.45) is 0 Å². The first kappa shape index (κ1) is 14.9. The van der Waals surface area contributed by atoms with Crippen LogP contribution in [0, 0.1) is 6.92 Å². The molecule has 3 N–H and O–H groups in total. The molecule has 8 heteroatoms. The summed E-state index contributed by atoms with van der Waals surface area (Å²) in [5.74, 6) is -1.21. The molecule has 0 radical (unpaired) electrons. The summed E-state index contributed by atoms with van der Waals surface area (Å²) in [4.78, 5) is 10.9. The fourth-order valence-electron chi connectivity index (χ4n) is 2.20. The molecular formula is C12H15NO6S. The minimum absolute atomic E-state index is 0.0913. The summed E-state index contributed by atoms with van der Waals surface area (Å²) in [5.41, 5.74) is 0.0437. The fourth-order valence-corrected chi connectivity index (χ4v) is 3.92. The van der Waals surface area contributed by atoms with Crippen LogP contribution in [0.4, 0.5) is 0 Å². The number of hydrogen-bond acceptors (Lipinski definition) is 5. The zero-order valence-corrected chi connectivity index (χ0v) is 11.5. The van der Waals surface area contributed by atoms with Crippen LogP contribution in [-0.2, 0) is 10.0 Å². The number of rotatable bonds is 3. The van der Waals surface area contributed by atoms with Crippen molar-refractivity contribution in [3.63, 3.8) is 0 Å². The Labute approximate surface area is 116 Å². The quantitative estimate of drug-likeness (QED) is 0.688.